The molecule has 0 fully saturated rings. The zero-order chi connectivity index (χ0) is 19.9. The van der Waals surface area contributed by atoms with Crippen molar-refractivity contribution in [1.29, 1.82) is 0 Å². The summed E-state index contributed by atoms with van der Waals surface area (Å²) in [4.78, 5) is 37.2. The number of fused-ring (bicyclic) bond motifs is 1. The first-order valence-electron chi connectivity index (χ1n) is 9.06. The number of esters is 1. The van der Waals surface area contributed by atoms with E-state index in [1.54, 1.807) is 6.92 Å². The van der Waals surface area contributed by atoms with E-state index in [4.69, 9.17) is 13.9 Å². The Hall–Kier alpha value is -3.29. The summed E-state index contributed by atoms with van der Waals surface area (Å²) in [5.74, 6) is -0.619. The van der Waals surface area contributed by atoms with Crippen LogP contribution >= 0.6 is 0 Å². The number of amides is 1. The first kappa shape index (κ1) is 19.5. The molecule has 2 heterocycles. The van der Waals surface area contributed by atoms with E-state index in [1.165, 1.54) is 17.9 Å². The first-order valence-corrected chi connectivity index (χ1v) is 9.06. The minimum atomic E-state index is -0.539. The van der Waals surface area contributed by atoms with Gasteiger partial charge in [-0.25, -0.2) is 0 Å². The molecule has 0 bridgehead atoms. The number of para-hydroxylation sites is 1. The summed E-state index contributed by atoms with van der Waals surface area (Å²) in [6, 6.07) is 9.50. The van der Waals surface area contributed by atoms with Gasteiger partial charge in [0.1, 0.15) is 18.6 Å². The molecule has 28 heavy (non-hydrogen) atoms. The molecule has 1 aliphatic heterocycles. The predicted molar refractivity (Wildman–Crippen MR) is 101 cm³/mol. The second-order valence-electron chi connectivity index (χ2n) is 6.25. The van der Waals surface area contributed by atoms with E-state index in [2.05, 4.69) is 16.3 Å². The molecule has 1 aliphatic rings. The standard InChI is InChI=1S/C20H22N2O6/c1-2-26-20(25)10-21-19(24)13-28-18-12-27-15(9-17(18)23)11-22-8-7-14-5-3-4-6-16(14)22/h3-6,9,12H,2,7-8,10-11,13H2,1H3,(H,21,24). The Kier molecular flexibility index (Phi) is 6.31. The molecule has 1 aromatic carbocycles. The Morgan fingerprint density at radius 2 is 2.11 bits per heavy atom. The maximum absolute atomic E-state index is 12.2. The topological polar surface area (TPSA) is 98.1 Å². The smallest absolute Gasteiger partial charge is 0.325 e. The number of carbonyl (C=O) groups is 2. The van der Waals surface area contributed by atoms with Crippen LogP contribution in [0.2, 0.25) is 0 Å². The summed E-state index contributed by atoms with van der Waals surface area (Å²) >= 11 is 0. The van der Waals surface area contributed by atoms with E-state index in [0.717, 1.165) is 18.7 Å². The highest BCUT2D eigenvalue weighted by Crippen LogP contribution is 2.28. The molecule has 0 spiro atoms. The summed E-state index contributed by atoms with van der Waals surface area (Å²) < 4.78 is 15.4. The van der Waals surface area contributed by atoms with Crippen molar-refractivity contribution in [1.82, 2.24) is 5.32 Å². The molecule has 1 N–H and O–H groups in total. The second kappa shape index (κ2) is 9.07. The van der Waals surface area contributed by atoms with Crippen LogP contribution in [0.1, 0.15) is 18.2 Å². The van der Waals surface area contributed by atoms with E-state index in [1.807, 2.05) is 18.2 Å². The molecule has 0 aliphatic carbocycles. The fourth-order valence-electron chi connectivity index (χ4n) is 2.96. The fraction of sp³-hybridized carbons (Fsp3) is 0.350. The lowest BCUT2D eigenvalue weighted by molar-refractivity contribution is -0.143. The molecule has 3 rings (SSSR count). The van der Waals surface area contributed by atoms with Crippen LogP contribution in [-0.4, -0.2) is 38.2 Å². The first-order chi connectivity index (χ1) is 13.6. The monoisotopic (exact) mass is 386 g/mol. The van der Waals surface area contributed by atoms with E-state index in [-0.39, 0.29) is 24.3 Å². The van der Waals surface area contributed by atoms with Crippen LogP contribution in [0.5, 0.6) is 5.75 Å². The van der Waals surface area contributed by atoms with Gasteiger partial charge in [0.15, 0.2) is 6.61 Å². The summed E-state index contributed by atoms with van der Waals surface area (Å²) in [5.41, 5.74) is 2.05. The van der Waals surface area contributed by atoms with Gasteiger partial charge < -0.3 is 24.1 Å². The van der Waals surface area contributed by atoms with Crippen molar-refractivity contribution >= 4 is 17.6 Å². The summed E-state index contributed by atoms with van der Waals surface area (Å²) in [6.07, 6.45) is 2.17. The average Bonchev–Trinajstić information content (AvgIpc) is 3.09. The van der Waals surface area contributed by atoms with Crippen LogP contribution in [0.25, 0.3) is 0 Å². The van der Waals surface area contributed by atoms with Crippen molar-refractivity contribution < 1.29 is 23.5 Å². The number of hydrogen-bond acceptors (Lipinski definition) is 7. The molecule has 148 valence electrons. The van der Waals surface area contributed by atoms with Crippen molar-refractivity contribution in [3.63, 3.8) is 0 Å². The average molecular weight is 386 g/mol. The second-order valence-corrected chi connectivity index (χ2v) is 6.25. The van der Waals surface area contributed by atoms with Gasteiger partial charge in [-0.1, -0.05) is 18.2 Å². The maximum Gasteiger partial charge on any atom is 0.325 e. The lowest BCUT2D eigenvalue weighted by atomic mass is 10.2. The molecule has 0 saturated heterocycles. The van der Waals surface area contributed by atoms with Crippen LogP contribution in [-0.2, 0) is 27.3 Å². The van der Waals surface area contributed by atoms with Gasteiger partial charge in [0.05, 0.1) is 13.2 Å². The lowest BCUT2D eigenvalue weighted by Crippen LogP contribution is -2.34. The third kappa shape index (κ3) is 4.91. The molecule has 2 aromatic rings. The van der Waals surface area contributed by atoms with Gasteiger partial charge in [-0.3, -0.25) is 14.4 Å². The molecule has 1 aromatic heterocycles. The molecular weight excluding hydrogens is 364 g/mol. The number of rotatable bonds is 8. The van der Waals surface area contributed by atoms with Gasteiger partial charge in [0.25, 0.3) is 5.91 Å². The third-order valence-electron chi connectivity index (χ3n) is 4.28. The van der Waals surface area contributed by atoms with Crippen molar-refractivity contribution in [3.05, 3.63) is 58.1 Å². The third-order valence-corrected chi connectivity index (χ3v) is 4.28. The minimum Gasteiger partial charge on any atom is -0.477 e. The normalized spacial score (nSPS) is 12.4. The minimum absolute atomic E-state index is 0.0585. The lowest BCUT2D eigenvalue weighted by Gasteiger charge is -2.18. The van der Waals surface area contributed by atoms with Crippen LogP contribution < -0.4 is 20.4 Å². The molecule has 0 atom stereocenters. The van der Waals surface area contributed by atoms with Gasteiger partial charge >= 0.3 is 5.97 Å². The van der Waals surface area contributed by atoms with Crippen LogP contribution in [0.3, 0.4) is 0 Å². The summed E-state index contributed by atoms with van der Waals surface area (Å²) in [7, 11) is 0. The van der Waals surface area contributed by atoms with E-state index in [0.29, 0.717) is 12.3 Å². The number of carbonyl (C=O) groups excluding carboxylic acids is 2. The Balaban J connectivity index is 1.53. The zero-order valence-electron chi connectivity index (χ0n) is 15.6. The highest BCUT2D eigenvalue weighted by Gasteiger charge is 2.19. The number of nitrogens with zero attached hydrogens (tertiary/aromatic N) is 1. The van der Waals surface area contributed by atoms with E-state index < -0.39 is 18.5 Å². The Bertz CT molecular complexity index is 908. The van der Waals surface area contributed by atoms with Crippen LogP contribution in [0.15, 0.2) is 45.8 Å². The zero-order valence-corrected chi connectivity index (χ0v) is 15.6. The summed E-state index contributed by atoms with van der Waals surface area (Å²) in [5, 5.41) is 2.35. The molecule has 0 saturated carbocycles. The number of anilines is 1. The van der Waals surface area contributed by atoms with Gasteiger partial charge in [-0.15, -0.1) is 0 Å². The molecule has 1 amide bonds. The van der Waals surface area contributed by atoms with Crippen LogP contribution in [0, 0.1) is 0 Å². The highest BCUT2D eigenvalue weighted by atomic mass is 16.5. The highest BCUT2D eigenvalue weighted by molar-refractivity contribution is 5.82. The van der Waals surface area contributed by atoms with Crippen molar-refractivity contribution in [2.45, 2.75) is 19.9 Å². The Labute approximate surface area is 162 Å². The van der Waals surface area contributed by atoms with E-state index >= 15 is 0 Å². The molecule has 0 radical (unpaired) electrons. The van der Waals surface area contributed by atoms with E-state index in [9.17, 15) is 14.4 Å². The molecule has 8 nitrogen and oxygen atoms in total. The summed E-state index contributed by atoms with van der Waals surface area (Å²) in [6.45, 7) is 2.61. The maximum atomic E-state index is 12.2. The number of benzene rings is 1. The quantitative estimate of drug-likeness (QED) is 0.682. The predicted octanol–water partition coefficient (Wildman–Crippen LogP) is 1.26. The van der Waals surface area contributed by atoms with Gasteiger partial charge in [-0.2, -0.15) is 0 Å². The number of hydrogen-bond donors (Lipinski definition) is 1. The van der Waals surface area contributed by atoms with Gasteiger partial charge in [0, 0.05) is 18.3 Å². The Morgan fingerprint density at radius 3 is 2.89 bits per heavy atom. The number of nitrogens with one attached hydrogen (secondary N) is 1. The molecule has 0 unspecified atom stereocenters. The molecular formula is C20H22N2O6. The number of ether oxygens (including phenoxy) is 2. The largest absolute Gasteiger partial charge is 0.477 e. The SMILES string of the molecule is CCOC(=O)CNC(=O)COc1coc(CN2CCc3ccccc32)cc1=O. The van der Waals surface area contributed by atoms with Crippen LogP contribution in [0.4, 0.5) is 5.69 Å². The molecule has 8 heteroatoms. The van der Waals surface area contributed by atoms with Crippen molar-refractivity contribution in [2.24, 2.45) is 0 Å². The van der Waals surface area contributed by atoms with Crippen molar-refractivity contribution in [2.75, 3.05) is 31.2 Å². The fourth-order valence-corrected chi connectivity index (χ4v) is 2.96. The van der Waals surface area contributed by atoms with Gasteiger partial charge in [-0.05, 0) is 25.0 Å². The van der Waals surface area contributed by atoms with Crippen molar-refractivity contribution in [3.8, 4) is 5.75 Å². The van der Waals surface area contributed by atoms with Gasteiger partial charge in [0.2, 0.25) is 11.2 Å². The Morgan fingerprint density at radius 1 is 1.29 bits per heavy atom.